The number of benzene rings is 2. The van der Waals surface area contributed by atoms with Crippen molar-refractivity contribution in [2.45, 2.75) is 19.5 Å². The van der Waals surface area contributed by atoms with Crippen LogP contribution in [-0.4, -0.2) is 52.8 Å². The molecule has 3 rings (SSSR count). The molecule has 2 aromatic rings. The zero-order valence-corrected chi connectivity index (χ0v) is 15.3. The average Bonchev–Trinajstić information content (AvgIpc) is 2.60. The van der Waals surface area contributed by atoms with Crippen molar-refractivity contribution in [3.63, 3.8) is 0 Å². The predicted octanol–water partition coefficient (Wildman–Crippen LogP) is 3.21. The van der Waals surface area contributed by atoms with Gasteiger partial charge in [0, 0.05) is 37.7 Å². The molecule has 1 aliphatic heterocycles. The van der Waals surface area contributed by atoms with E-state index in [9.17, 15) is 10.2 Å². The van der Waals surface area contributed by atoms with Gasteiger partial charge in [0.25, 0.3) is 0 Å². The lowest BCUT2D eigenvalue weighted by Gasteiger charge is -2.39. The van der Waals surface area contributed by atoms with Crippen molar-refractivity contribution in [2.75, 3.05) is 32.8 Å². The Morgan fingerprint density at radius 1 is 1.08 bits per heavy atom. The molecule has 1 heterocycles. The first-order chi connectivity index (χ1) is 12.1. The summed E-state index contributed by atoms with van der Waals surface area (Å²) in [5.41, 5.74) is 3.34. The number of nitrogens with zero attached hydrogens (tertiary/aromatic N) is 2. The second-order valence-corrected chi connectivity index (χ2v) is 7.11. The fourth-order valence-electron chi connectivity index (χ4n) is 3.47. The molecule has 1 fully saturated rings. The normalized spacial score (nSPS) is 17.6. The van der Waals surface area contributed by atoms with Crippen LogP contribution in [0.15, 0.2) is 42.5 Å². The molecule has 2 aromatic carbocycles. The quantitative estimate of drug-likeness (QED) is 0.859. The van der Waals surface area contributed by atoms with Crippen molar-refractivity contribution in [3.05, 3.63) is 64.2 Å². The molecule has 4 nitrogen and oxygen atoms in total. The molecular formula is C20H25ClN2O2. The molecule has 0 amide bonds. The Labute approximate surface area is 154 Å². The lowest BCUT2D eigenvalue weighted by atomic mass is 10.0. The predicted molar refractivity (Wildman–Crippen MR) is 101 cm³/mol. The smallest absolute Gasteiger partial charge is 0.116 e. The number of aliphatic hydroxyl groups excluding tert-OH is 1. The maximum absolute atomic E-state index is 9.89. The van der Waals surface area contributed by atoms with Gasteiger partial charge < -0.3 is 10.2 Å². The Hall–Kier alpha value is -1.59. The van der Waals surface area contributed by atoms with E-state index in [-0.39, 0.29) is 18.4 Å². The Balaban J connectivity index is 1.62. The lowest BCUT2D eigenvalue weighted by Crippen LogP contribution is -2.47. The summed E-state index contributed by atoms with van der Waals surface area (Å²) >= 11 is 6.23. The number of phenols is 1. The van der Waals surface area contributed by atoms with Crippen LogP contribution in [0, 0.1) is 6.92 Å². The molecule has 0 aliphatic carbocycles. The van der Waals surface area contributed by atoms with Crippen LogP contribution in [0.5, 0.6) is 5.75 Å². The zero-order valence-electron chi connectivity index (χ0n) is 14.5. The molecule has 5 heteroatoms. The van der Waals surface area contributed by atoms with E-state index in [2.05, 4.69) is 34.9 Å². The summed E-state index contributed by atoms with van der Waals surface area (Å²) in [4.78, 5) is 4.68. The van der Waals surface area contributed by atoms with Gasteiger partial charge in [-0.1, -0.05) is 41.4 Å². The molecule has 0 aromatic heterocycles. The molecule has 0 saturated carbocycles. The van der Waals surface area contributed by atoms with Gasteiger partial charge in [0.1, 0.15) is 5.75 Å². The number of halogens is 1. The van der Waals surface area contributed by atoms with Crippen LogP contribution in [0.4, 0.5) is 0 Å². The molecule has 1 aliphatic rings. The third kappa shape index (κ3) is 4.53. The molecule has 0 bridgehead atoms. The van der Waals surface area contributed by atoms with Crippen molar-refractivity contribution in [2.24, 2.45) is 0 Å². The van der Waals surface area contributed by atoms with Crippen LogP contribution >= 0.6 is 11.6 Å². The van der Waals surface area contributed by atoms with Gasteiger partial charge in [-0.15, -0.1) is 0 Å². The van der Waals surface area contributed by atoms with E-state index in [1.54, 1.807) is 18.2 Å². The number of rotatable bonds is 5. The van der Waals surface area contributed by atoms with Crippen LogP contribution in [0.1, 0.15) is 22.7 Å². The second-order valence-electron chi connectivity index (χ2n) is 6.70. The van der Waals surface area contributed by atoms with Crippen molar-refractivity contribution in [3.8, 4) is 5.75 Å². The highest BCUT2D eigenvalue weighted by Crippen LogP contribution is 2.25. The fourth-order valence-corrected chi connectivity index (χ4v) is 3.64. The summed E-state index contributed by atoms with van der Waals surface area (Å²) in [5, 5.41) is 20.2. The van der Waals surface area contributed by atoms with Gasteiger partial charge in [-0.3, -0.25) is 9.80 Å². The summed E-state index contributed by atoms with van der Waals surface area (Å²) < 4.78 is 0. The van der Waals surface area contributed by atoms with Crippen molar-refractivity contribution >= 4 is 11.6 Å². The summed E-state index contributed by atoms with van der Waals surface area (Å²) in [5.74, 6) is 0.248. The van der Waals surface area contributed by atoms with Gasteiger partial charge in [0.05, 0.1) is 12.6 Å². The van der Waals surface area contributed by atoms with E-state index in [0.717, 1.165) is 38.3 Å². The maximum Gasteiger partial charge on any atom is 0.116 e. The number of phenolic OH excluding ortho intramolecular Hbond substituents is 1. The third-order valence-electron chi connectivity index (χ3n) is 4.87. The van der Waals surface area contributed by atoms with Crippen LogP contribution in [0.2, 0.25) is 5.02 Å². The second kappa shape index (κ2) is 8.19. The fraction of sp³-hybridized carbons (Fsp3) is 0.400. The molecule has 25 heavy (non-hydrogen) atoms. The van der Waals surface area contributed by atoms with E-state index in [1.165, 1.54) is 11.1 Å². The van der Waals surface area contributed by atoms with E-state index in [4.69, 9.17) is 11.6 Å². The van der Waals surface area contributed by atoms with Gasteiger partial charge in [0.2, 0.25) is 0 Å². The molecule has 2 N–H and O–H groups in total. The Bertz CT molecular complexity index is 715. The van der Waals surface area contributed by atoms with Crippen molar-refractivity contribution in [1.82, 2.24) is 9.80 Å². The standard InChI is InChI=1S/C20H25ClN2O2/c1-15-3-2-4-16(11-15)20(14-24)23-9-7-22(8-10-23)13-17-12-18(25)5-6-19(17)21/h2-6,11-12,20,24-25H,7-10,13-14H2,1H3. The average molecular weight is 361 g/mol. The lowest BCUT2D eigenvalue weighted by molar-refractivity contribution is 0.0621. The highest BCUT2D eigenvalue weighted by atomic mass is 35.5. The van der Waals surface area contributed by atoms with Crippen molar-refractivity contribution < 1.29 is 10.2 Å². The Morgan fingerprint density at radius 2 is 1.84 bits per heavy atom. The van der Waals surface area contributed by atoms with E-state index in [0.29, 0.717) is 5.02 Å². The monoisotopic (exact) mass is 360 g/mol. The number of aromatic hydroxyl groups is 1. The largest absolute Gasteiger partial charge is 0.508 e. The Morgan fingerprint density at radius 3 is 2.52 bits per heavy atom. The number of aryl methyl sites for hydroxylation is 1. The van der Waals surface area contributed by atoms with Crippen LogP contribution in [0.25, 0.3) is 0 Å². The minimum atomic E-state index is 0.0476. The van der Waals surface area contributed by atoms with Crippen LogP contribution < -0.4 is 0 Å². The van der Waals surface area contributed by atoms with Crippen molar-refractivity contribution in [1.29, 1.82) is 0 Å². The topological polar surface area (TPSA) is 46.9 Å². The molecule has 1 unspecified atom stereocenters. The molecular weight excluding hydrogens is 336 g/mol. The summed E-state index contributed by atoms with van der Waals surface area (Å²) in [6.45, 7) is 6.56. The number of aliphatic hydroxyl groups is 1. The van der Waals surface area contributed by atoms with Gasteiger partial charge in [-0.05, 0) is 36.2 Å². The first kappa shape index (κ1) is 18.2. The first-order valence-corrected chi connectivity index (χ1v) is 9.06. The highest BCUT2D eigenvalue weighted by molar-refractivity contribution is 6.31. The van der Waals surface area contributed by atoms with E-state index < -0.39 is 0 Å². The van der Waals surface area contributed by atoms with Crippen LogP contribution in [-0.2, 0) is 6.54 Å². The van der Waals surface area contributed by atoms with Gasteiger partial charge in [0.15, 0.2) is 0 Å². The minimum Gasteiger partial charge on any atom is -0.508 e. The highest BCUT2D eigenvalue weighted by Gasteiger charge is 2.25. The Kier molecular flexibility index (Phi) is 5.97. The number of hydrogen-bond acceptors (Lipinski definition) is 4. The molecule has 134 valence electrons. The molecule has 0 spiro atoms. The molecule has 0 radical (unpaired) electrons. The first-order valence-electron chi connectivity index (χ1n) is 8.68. The molecule has 1 atom stereocenters. The number of piperazine rings is 1. The molecule has 1 saturated heterocycles. The number of hydrogen-bond donors (Lipinski definition) is 2. The van der Waals surface area contributed by atoms with E-state index >= 15 is 0 Å². The van der Waals surface area contributed by atoms with E-state index in [1.807, 2.05) is 6.07 Å². The van der Waals surface area contributed by atoms with Gasteiger partial charge >= 0.3 is 0 Å². The van der Waals surface area contributed by atoms with Gasteiger partial charge in [-0.2, -0.15) is 0 Å². The minimum absolute atomic E-state index is 0.0476. The SMILES string of the molecule is Cc1cccc(C(CO)N2CCN(Cc3cc(O)ccc3Cl)CC2)c1. The summed E-state index contributed by atoms with van der Waals surface area (Å²) in [7, 11) is 0. The third-order valence-corrected chi connectivity index (χ3v) is 5.24. The summed E-state index contributed by atoms with van der Waals surface area (Å²) in [6.07, 6.45) is 0. The zero-order chi connectivity index (χ0) is 17.8. The summed E-state index contributed by atoms with van der Waals surface area (Å²) in [6, 6.07) is 13.5. The maximum atomic E-state index is 9.89. The van der Waals surface area contributed by atoms with Crippen LogP contribution in [0.3, 0.4) is 0 Å². The van der Waals surface area contributed by atoms with Gasteiger partial charge in [-0.25, -0.2) is 0 Å².